The molecule has 1 saturated heterocycles. The molecule has 1 amide bonds. The van der Waals surface area contributed by atoms with Crippen LogP contribution in [0.5, 0.6) is 11.5 Å². The number of amides is 1. The van der Waals surface area contributed by atoms with Crippen LogP contribution < -0.4 is 20.1 Å². The fraction of sp³-hybridized carbons (Fsp3) is 0.652. The molecule has 1 aromatic rings. The van der Waals surface area contributed by atoms with Gasteiger partial charge >= 0.3 is 6.09 Å². The van der Waals surface area contributed by atoms with Gasteiger partial charge in [-0.25, -0.2) is 9.79 Å². The summed E-state index contributed by atoms with van der Waals surface area (Å²) in [4.78, 5) is 18.7. The third-order valence-corrected chi connectivity index (χ3v) is 5.07. The molecule has 1 aliphatic heterocycles. The van der Waals surface area contributed by atoms with Crippen LogP contribution in [0.15, 0.2) is 23.2 Å². The van der Waals surface area contributed by atoms with Gasteiger partial charge in [-0.2, -0.15) is 0 Å². The van der Waals surface area contributed by atoms with Gasteiger partial charge in [0.25, 0.3) is 0 Å². The first kappa shape index (κ1) is 24.6. The van der Waals surface area contributed by atoms with Crippen molar-refractivity contribution in [3.63, 3.8) is 0 Å². The number of likely N-dealkylation sites (tertiary alicyclic amines) is 1. The molecule has 0 unspecified atom stereocenters. The fourth-order valence-electron chi connectivity index (χ4n) is 3.38. The van der Waals surface area contributed by atoms with E-state index in [1.165, 1.54) is 0 Å². The lowest BCUT2D eigenvalue weighted by atomic mass is 9.97. The van der Waals surface area contributed by atoms with E-state index < -0.39 is 5.60 Å². The van der Waals surface area contributed by atoms with E-state index in [0.717, 1.165) is 62.0 Å². The van der Waals surface area contributed by atoms with Gasteiger partial charge in [-0.05, 0) is 58.6 Å². The van der Waals surface area contributed by atoms with Crippen molar-refractivity contribution >= 4 is 12.1 Å². The van der Waals surface area contributed by atoms with Crippen molar-refractivity contribution in [1.82, 2.24) is 15.5 Å². The lowest BCUT2D eigenvalue weighted by molar-refractivity contribution is 0.0185. The van der Waals surface area contributed by atoms with Crippen molar-refractivity contribution in [2.24, 2.45) is 10.9 Å². The Hall–Kier alpha value is -2.64. The number of nitrogens with one attached hydrogen (secondary N) is 2. The zero-order valence-corrected chi connectivity index (χ0v) is 19.8. The van der Waals surface area contributed by atoms with Crippen molar-refractivity contribution in [3.8, 4) is 11.5 Å². The summed E-state index contributed by atoms with van der Waals surface area (Å²) in [6.07, 6.45) is 1.66. The first-order valence-electron chi connectivity index (χ1n) is 11.0. The molecule has 0 aromatic heterocycles. The molecular weight excluding hydrogens is 396 g/mol. The molecule has 8 heteroatoms. The lowest BCUT2D eigenvalue weighted by Crippen LogP contribution is -2.45. The van der Waals surface area contributed by atoms with Crippen LogP contribution in [0.3, 0.4) is 0 Å². The summed E-state index contributed by atoms with van der Waals surface area (Å²) in [6, 6.07) is 5.74. The molecule has 2 rings (SSSR count). The molecule has 31 heavy (non-hydrogen) atoms. The normalized spacial score (nSPS) is 15.4. The average Bonchev–Trinajstić information content (AvgIpc) is 2.74. The molecule has 0 spiro atoms. The van der Waals surface area contributed by atoms with E-state index >= 15 is 0 Å². The number of carbonyl (C=O) groups is 1. The van der Waals surface area contributed by atoms with Gasteiger partial charge in [0.15, 0.2) is 5.96 Å². The van der Waals surface area contributed by atoms with E-state index in [0.29, 0.717) is 12.5 Å². The number of aliphatic imine (C=N–C) groups is 1. The van der Waals surface area contributed by atoms with Crippen LogP contribution in [-0.4, -0.2) is 63.0 Å². The van der Waals surface area contributed by atoms with Crippen LogP contribution in [0.4, 0.5) is 4.79 Å². The molecule has 8 nitrogen and oxygen atoms in total. The number of hydrogen-bond acceptors (Lipinski definition) is 5. The second-order valence-electron chi connectivity index (χ2n) is 8.66. The summed E-state index contributed by atoms with van der Waals surface area (Å²) in [5.41, 5.74) is 0.533. The second-order valence-corrected chi connectivity index (χ2v) is 8.66. The highest BCUT2D eigenvalue weighted by Crippen LogP contribution is 2.25. The number of ether oxygens (including phenoxy) is 3. The van der Waals surface area contributed by atoms with E-state index in [-0.39, 0.29) is 6.09 Å². The third-order valence-electron chi connectivity index (χ3n) is 5.07. The van der Waals surface area contributed by atoms with Gasteiger partial charge in [-0.15, -0.1) is 0 Å². The van der Waals surface area contributed by atoms with Crippen LogP contribution in [0, 0.1) is 5.92 Å². The topological polar surface area (TPSA) is 84.4 Å². The first-order chi connectivity index (χ1) is 14.8. The molecule has 0 aliphatic carbocycles. The molecule has 1 heterocycles. The molecule has 0 saturated carbocycles. The van der Waals surface area contributed by atoms with E-state index in [4.69, 9.17) is 19.2 Å². The Bertz CT molecular complexity index is 738. The number of benzene rings is 1. The quantitative estimate of drug-likeness (QED) is 0.505. The van der Waals surface area contributed by atoms with E-state index in [1.54, 1.807) is 19.1 Å². The summed E-state index contributed by atoms with van der Waals surface area (Å²) in [5.74, 6) is 2.77. The van der Waals surface area contributed by atoms with Crippen molar-refractivity contribution in [2.45, 2.75) is 52.7 Å². The Morgan fingerprint density at radius 1 is 1.16 bits per heavy atom. The maximum absolute atomic E-state index is 12.2. The van der Waals surface area contributed by atoms with Gasteiger partial charge in [0.1, 0.15) is 17.1 Å². The SMILES string of the molecule is CCNC(=NCc1ccc(OC)cc1OC)NCC1CCN(C(=O)OC(C)(C)C)CC1. The molecule has 2 N–H and O–H groups in total. The zero-order chi connectivity index (χ0) is 22.9. The molecule has 1 aromatic carbocycles. The predicted molar refractivity (Wildman–Crippen MR) is 123 cm³/mol. The highest BCUT2D eigenvalue weighted by atomic mass is 16.6. The molecule has 0 atom stereocenters. The number of carbonyl (C=O) groups excluding carboxylic acids is 1. The van der Waals surface area contributed by atoms with Crippen molar-refractivity contribution in [3.05, 3.63) is 23.8 Å². The van der Waals surface area contributed by atoms with E-state index in [1.807, 2.05) is 45.9 Å². The Labute approximate surface area is 186 Å². The number of nitrogens with zero attached hydrogens (tertiary/aromatic N) is 2. The summed E-state index contributed by atoms with van der Waals surface area (Å²) in [7, 11) is 3.28. The molecule has 1 fully saturated rings. The van der Waals surface area contributed by atoms with Crippen LogP contribution >= 0.6 is 0 Å². The van der Waals surface area contributed by atoms with Crippen molar-refractivity contribution < 1.29 is 19.0 Å². The highest BCUT2D eigenvalue weighted by molar-refractivity contribution is 5.79. The van der Waals surface area contributed by atoms with Gasteiger partial charge < -0.3 is 29.7 Å². The Morgan fingerprint density at radius 2 is 1.87 bits per heavy atom. The predicted octanol–water partition coefficient (Wildman–Crippen LogP) is 3.41. The highest BCUT2D eigenvalue weighted by Gasteiger charge is 2.26. The summed E-state index contributed by atoms with van der Waals surface area (Å²) in [5, 5.41) is 6.74. The van der Waals surface area contributed by atoms with Crippen LogP contribution in [0.1, 0.15) is 46.1 Å². The number of hydrogen-bond donors (Lipinski definition) is 2. The smallest absolute Gasteiger partial charge is 0.410 e. The number of rotatable bonds is 7. The Morgan fingerprint density at radius 3 is 2.45 bits per heavy atom. The minimum absolute atomic E-state index is 0.220. The largest absolute Gasteiger partial charge is 0.497 e. The fourth-order valence-corrected chi connectivity index (χ4v) is 3.38. The zero-order valence-electron chi connectivity index (χ0n) is 19.8. The number of methoxy groups -OCH3 is 2. The number of piperidine rings is 1. The Balaban J connectivity index is 1.87. The minimum Gasteiger partial charge on any atom is -0.497 e. The van der Waals surface area contributed by atoms with Crippen LogP contribution in [-0.2, 0) is 11.3 Å². The van der Waals surface area contributed by atoms with Crippen molar-refractivity contribution in [1.29, 1.82) is 0 Å². The molecule has 1 aliphatic rings. The first-order valence-corrected chi connectivity index (χ1v) is 11.0. The molecule has 0 radical (unpaired) electrons. The van der Waals surface area contributed by atoms with Gasteiger partial charge in [0, 0.05) is 37.8 Å². The maximum Gasteiger partial charge on any atom is 0.410 e. The monoisotopic (exact) mass is 434 g/mol. The van der Waals surface area contributed by atoms with Gasteiger partial charge in [-0.1, -0.05) is 0 Å². The van der Waals surface area contributed by atoms with Crippen molar-refractivity contribution in [2.75, 3.05) is 40.4 Å². The van der Waals surface area contributed by atoms with Gasteiger partial charge in [0.05, 0.1) is 20.8 Å². The van der Waals surface area contributed by atoms with Crippen LogP contribution in [0.2, 0.25) is 0 Å². The van der Waals surface area contributed by atoms with E-state index in [2.05, 4.69) is 10.6 Å². The second kappa shape index (κ2) is 11.7. The third kappa shape index (κ3) is 8.19. The van der Waals surface area contributed by atoms with Gasteiger partial charge in [-0.3, -0.25) is 0 Å². The standard InChI is InChI=1S/C23H38N4O4/c1-7-24-21(26-16-18-8-9-19(29-5)14-20(18)30-6)25-15-17-10-12-27(13-11-17)22(28)31-23(2,3)4/h8-9,14,17H,7,10-13,15-16H2,1-6H3,(H2,24,25,26). The Kier molecular flexibility index (Phi) is 9.27. The summed E-state index contributed by atoms with van der Waals surface area (Å²) < 4.78 is 16.2. The summed E-state index contributed by atoms with van der Waals surface area (Å²) >= 11 is 0. The average molecular weight is 435 g/mol. The van der Waals surface area contributed by atoms with Gasteiger partial charge in [0.2, 0.25) is 0 Å². The minimum atomic E-state index is -0.459. The molecule has 174 valence electrons. The summed E-state index contributed by atoms with van der Waals surface area (Å²) in [6.45, 7) is 11.3. The van der Waals surface area contributed by atoms with Crippen LogP contribution in [0.25, 0.3) is 0 Å². The lowest BCUT2D eigenvalue weighted by Gasteiger charge is -2.33. The number of guanidine groups is 1. The molecule has 0 bridgehead atoms. The van der Waals surface area contributed by atoms with E-state index in [9.17, 15) is 4.79 Å². The molecular formula is C23H38N4O4. The maximum atomic E-state index is 12.2.